The lowest BCUT2D eigenvalue weighted by molar-refractivity contribution is 0.0473. The lowest BCUT2D eigenvalue weighted by Gasteiger charge is -2.02. The average Bonchev–Trinajstić information content (AvgIpc) is 2.80. The van der Waals surface area contributed by atoms with Crippen LogP contribution in [0, 0.1) is 0 Å². The highest BCUT2D eigenvalue weighted by Gasteiger charge is 2.05. The average molecular weight is 218 g/mol. The molecule has 2 aromatic rings. The van der Waals surface area contributed by atoms with Gasteiger partial charge in [-0.3, -0.25) is 0 Å². The first-order valence-corrected chi connectivity index (χ1v) is 5.54. The zero-order chi connectivity index (χ0) is 10.5. The number of ether oxygens (including phenoxy) is 1. The van der Waals surface area contributed by atoms with E-state index in [-0.39, 0.29) is 5.97 Å². The molecule has 0 aliphatic heterocycles. The first-order chi connectivity index (χ1) is 7.36. The Bertz CT molecular complexity index is 420. The molecule has 2 rings (SSSR count). The van der Waals surface area contributed by atoms with Crippen LogP contribution in [0.5, 0.6) is 0 Å². The largest absolute Gasteiger partial charge is 0.457 e. The monoisotopic (exact) mass is 218 g/mol. The minimum absolute atomic E-state index is 0.276. The van der Waals surface area contributed by atoms with Gasteiger partial charge in [-0.15, -0.1) is 0 Å². The van der Waals surface area contributed by atoms with E-state index in [1.165, 1.54) is 0 Å². The van der Waals surface area contributed by atoms with Crippen molar-refractivity contribution in [3.8, 4) is 0 Å². The van der Waals surface area contributed by atoms with Gasteiger partial charge in [-0.25, -0.2) is 4.79 Å². The van der Waals surface area contributed by atoms with E-state index in [0.29, 0.717) is 12.2 Å². The maximum Gasteiger partial charge on any atom is 0.338 e. The smallest absolute Gasteiger partial charge is 0.338 e. The normalized spacial score (nSPS) is 9.87. The van der Waals surface area contributed by atoms with Crippen LogP contribution in [0.4, 0.5) is 0 Å². The quantitative estimate of drug-likeness (QED) is 0.740. The van der Waals surface area contributed by atoms with Gasteiger partial charge in [0.25, 0.3) is 0 Å². The molecular formula is C12H10O2S. The number of esters is 1. The number of thiophene rings is 1. The van der Waals surface area contributed by atoms with Gasteiger partial charge in [0.05, 0.1) is 5.56 Å². The molecule has 1 aromatic carbocycles. The van der Waals surface area contributed by atoms with Crippen LogP contribution in [-0.2, 0) is 11.3 Å². The maximum absolute atomic E-state index is 11.5. The van der Waals surface area contributed by atoms with Gasteiger partial charge in [-0.2, -0.15) is 11.3 Å². The second-order valence-electron chi connectivity index (χ2n) is 3.07. The van der Waals surface area contributed by atoms with Crippen molar-refractivity contribution in [1.82, 2.24) is 0 Å². The van der Waals surface area contributed by atoms with Crippen molar-refractivity contribution in [3.05, 3.63) is 58.3 Å². The molecule has 3 heteroatoms. The molecule has 0 atom stereocenters. The van der Waals surface area contributed by atoms with Crippen molar-refractivity contribution in [2.75, 3.05) is 0 Å². The molecular weight excluding hydrogens is 208 g/mol. The molecule has 15 heavy (non-hydrogen) atoms. The minimum atomic E-state index is -0.276. The van der Waals surface area contributed by atoms with Crippen molar-refractivity contribution < 1.29 is 9.53 Å². The van der Waals surface area contributed by atoms with Crippen LogP contribution in [0.15, 0.2) is 47.2 Å². The summed E-state index contributed by atoms with van der Waals surface area (Å²) in [6.45, 7) is 0.344. The Kier molecular flexibility index (Phi) is 3.15. The highest BCUT2D eigenvalue weighted by Crippen LogP contribution is 2.09. The van der Waals surface area contributed by atoms with Crippen LogP contribution in [0.3, 0.4) is 0 Å². The first-order valence-electron chi connectivity index (χ1n) is 4.59. The van der Waals surface area contributed by atoms with Crippen LogP contribution in [-0.4, -0.2) is 5.97 Å². The Balaban J connectivity index is 1.94. The predicted molar refractivity (Wildman–Crippen MR) is 59.9 cm³/mol. The summed E-state index contributed by atoms with van der Waals surface area (Å²) >= 11 is 1.60. The second-order valence-corrected chi connectivity index (χ2v) is 3.85. The number of rotatable bonds is 3. The lowest BCUT2D eigenvalue weighted by Crippen LogP contribution is -2.04. The fourth-order valence-electron chi connectivity index (χ4n) is 1.18. The van der Waals surface area contributed by atoms with Crippen molar-refractivity contribution in [2.45, 2.75) is 6.61 Å². The predicted octanol–water partition coefficient (Wildman–Crippen LogP) is 3.11. The third kappa shape index (κ3) is 2.67. The van der Waals surface area contributed by atoms with Crippen LogP contribution in [0.1, 0.15) is 15.9 Å². The summed E-state index contributed by atoms with van der Waals surface area (Å²) in [6, 6.07) is 11.0. The van der Waals surface area contributed by atoms with Crippen LogP contribution >= 0.6 is 11.3 Å². The Morgan fingerprint density at radius 1 is 1.20 bits per heavy atom. The van der Waals surface area contributed by atoms with Gasteiger partial charge >= 0.3 is 5.97 Å². The van der Waals surface area contributed by atoms with Gasteiger partial charge in [0.1, 0.15) is 6.61 Å². The third-order valence-electron chi connectivity index (χ3n) is 1.96. The van der Waals surface area contributed by atoms with E-state index in [2.05, 4.69) is 0 Å². The fourth-order valence-corrected chi connectivity index (χ4v) is 1.83. The first kappa shape index (κ1) is 9.93. The van der Waals surface area contributed by atoms with Crippen LogP contribution in [0.2, 0.25) is 0 Å². The summed E-state index contributed by atoms with van der Waals surface area (Å²) in [4.78, 5) is 11.5. The lowest BCUT2D eigenvalue weighted by atomic mass is 10.2. The molecule has 0 fully saturated rings. The summed E-state index contributed by atoms with van der Waals surface area (Å²) in [6.07, 6.45) is 0. The van der Waals surface area contributed by atoms with E-state index in [0.717, 1.165) is 5.56 Å². The number of hydrogen-bond donors (Lipinski definition) is 0. The highest BCUT2D eigenvalue weighted by molar-refractivity contribution is 7.07. The molecule has 0 unspecified atom stereocenters. The molecule has 0 amide bonds. The maximum atomic E-state index is 11.5. The zero-order valence-corrected chi connectivity index (χ0v) is 8.87. The molecule has 0 aliphatic carbocycles. The van der Waals surface area contributed by atoms with E-state index in [4.69, 9.17) is 4.74 Å². The van der Waals surface area contributed by atoms with E-state index in [1.54, 1.807) is 23.5 Å². The molecule has 0 radical (unpaired) electrons. The van der Waals surface area contributed by atoms with E-state index < -0.39 is 0 Å². The van der Waals surface area contributed by atoms with Gasteiger partial charge in [0, 0.05) is 5.56 Å². The number of benzene rings is 1. The van der Waals surface area contributed by atoms with E-state index in [9.17, 15) is 4.79 Å². The van der Waals surface area contributed by atoms with Gasteiger partial charge in [0.2, 0.25) is 0 Å². The SMILES string of the molecule is O=C(OCc1ccsc1)c1ccccc1. The number of carbonyl (C=O) groups excluding carboxylic acids is 1. The molecule has 0 spiro atoms. The summed E-state index contributed by atoms with van der Waals surface area (Å²) < 4.78 is 5.14. The highest BCUT2D eigenvalue weighted by atomic mass is 32.1. The van der Waals surface area contributed by atoms with Gasteiger partial charge in [-0.1, -0.05) is 18.2 Å². The van der Waals surface area contributed by atoms with Gasteiger partial charge < -0.3 is 4.74 Å². The molecule has 0 saturated heterocycles. The molecule has 2 nitrogen and oxygen atoms in total. The molecule has 0 N–H and O–H groups in total. The number of carbonyl (C=O) groups is 1. The molecule has 0 aliphatic rings. The fraction of sp³-hybridized carbons (Fsp3) is 0.0833. The molecule has 76 valence electrons. The van der Waals surface area contributed by atoms with E-state index in [1.807, 2.05) is 35.0 Å². The van der Waals surface area contributed by atoms with Crippen molar-refractivity contribution in [3.63, 3.8) is 0 Å². The second kappa shape index (κ2) is 4.75. The Morgan fingerprint density at radius 2 is 2.00 bits per heavy atom. The third-order valence-corrected chi connectivity index (χ3v) is 2.69. The molecule has 1 aromatic heterocycles. The van der Waals surface area contributed by atoms with Gasteiger partial charge in [0.15, 0.2) is 0 Å². The van der Waals surface area contributed by atoms with E-state index >= 15 is 0 Å². The molecule has 0 saturated carbocycles. The minimum Gasteiger partial charge on any atom is -0.457 e. The summed E-state index contributed by atoms with van der Waals surface area (Å²) in [5.74, 6) is -0.276. The van der Waals surface area contributed by atoms with Crippen LogP contribution in [0.25, 0.3) is 0 Å². The topological polar surface area (TPSA) is 26.3 Å². The van der Waals surface area contributed by atoms with Crippen molar-refractivity contribution >= 4 is 17.3 Å². The van der Waals surface area contributed by atoms with Gasteiger partial charge in [-0.05, 0) is 29.0 Å². The Labute approximate surface area is 92.1 Å². The summed E-state index contributed by atoms with van der Waals surface area (Å²) in [5, 5.41) is 3.93. The zero-order valence-electron chi connectivity index (χ0n) is 8.05. The van der Waals surface area contributed by atoms with Crippen LogP contribution < -0.4 is 0 Å². The number of hydrogen-bond acceptors (Lipinski definition) is 3. The molecule has 1 heterocycles. The van der Waals surface area contributed by atoms with Crippen molar-refractivity contribution in [2.24, 2.45) is 0 Å². The summed E-state index contributed by atoms with van der Waals surface area (Å²) in [5.41, 5.74) is 1.62. The summed E-state index contributed by atoms with van der Waals surface area (Å²) in [7, 11) is 0. The van der Waals surface area contributed by atoms with Crippen molar-refractivity contribution in [1.29, 1.82) is 0 Å². The Morgan fingerprint density at radius 3 is 2.67 bits per heavy atom. The standard InChI is InChI=1S/C12H10O2S/c13-12(11-4-2-1-3-5-11)14-8-10-6-7-15-9-10/h1-7,9H,8H2. The molecule has 0 bridgehead atoms. The Hall–Kier alpha value is -1.61.